The lowest BCUT2D eigenvalue weighted by atomic mass is 10.3. The van der Waals surface area contributed by atoms with Gasteiger partial charge in [-0.15, -0.1) is 0 Å². The Balaban J connectivity index is 3.99. The maximum Gasteiger partial charge on any atom is 0.333 e. The fourth-order valence-electron chi connectivity index (χ4n) is 6.09. The summed E-state index contributed by atoms with van der Waals surface area (Å²) in [4.78, 5) is 15.6. The van der Waals surface area contributed by atoms with Gasteiger partial charge in [0.25, 0.3) is 0 Å². The van der Waals surface area contributed by atoms with Crippen molar-refractivity contribution in [3.63, 3.8) is 0 Å². The van der Waals surface area contributed by atoms with Gasteiger partial charge in [-0.25, -0.2) is 9.68 Å². The van der Waals surface area contributed by atoms with Crippen molar-refractivity contribution in [3.05, 3.63) is 12.2 Å². The van der Waals surface area contributed by atoms with Gasteiger partial charge in [0.05, 0.1) is 204 Å². The molecule has 16 unspecified atom stereocenters. The van der Waals surface area contributed by atoms with Crippen LogP contribution in [0.4, 0.5) is 0 Å². The topological polar surface area (TPSA) is 203 Å². The van der Waals surface area contributed by atoms with Crippen LogP contribution in [0.5, 0.6) is 0 Å². The molecule has 0 aliphatic rings. The van der Waals surface area contributed by atoms with Gasteiger partial charge in [-0.3, -0.25) is 5.26 Å². The van der Waals surface area contributed by atoms with Crippen LogP contribution in [0.3, 0.4) is 0 Å². The van der Waals surface area contributed by atoms with Crippen molar-refractivity contribution >= 4 is 5.97 Å². The minimum absolute atomic E-state index is 0.0678. The van der Waals surface area contributed by atoms with E-state index >= 15 is 0 Å². The molecule has 0 saturated heterocycles. The molecule has 76 heavy (non-hydrogen) atoms. The van der Waals surface area contributed by atoms with Crippen LogP contribution < -0.4 is 0 Å². The van der Waals surface area contributed by atoms with Crippen LogP contribution in [-0.4, -0.2) is 228 Å². The van der Waals surface area contributed by atoms with Gasteiger partial charge in [-0.05, 0) is 131 Å². The van der Waals surface area contributed by atoms with Crippen LogP contribution in [0.1, 0.15) is 131 Å². The first-order chi connectivity index (χ1) is 36.0. The zero-order valence-corrected chi connectivity index (χ0v) is 50.3. The molecule has 0 heterocycles. The standard InChI is InChI=1S/C56H110O20/c1-39(2)56(57)60-22-20-19-21-59-23-40(3)61-24-41(4)62-25-42(5)63-26-43(6)64-27-44(7)65-28-45(8)66-29-46(9)67-30-47(10)68-31-48(11)69-32-49(12)70-33-50(13)71-34-51(14)72-35-52(15)73-36-53(16)74-37-54(17)75-38-55(18)76-58/h40-55,58H,1,19-38H2,2-18H3. The highest BCUT2D eigenvalue weighted by atomic mass is 17.1. The summed E-state index contributed by atoms with van der Waals surface area (Å²) in [5.74, 6) is -0.360. The number of unbranched alkanes of at least 4 members (excludes halogenated alkanes) is 1. The molecule has 0 aliphatic heterocycles. The highest BCUT2D eigenvalue weighted by molar-refractivity contribution is 5.86. The van der Waals surface area contributed by atoms with Crippen LogP contribution in [0.15, 0.2) is 12.2 Å². The molecule has 0 spiro atoms. The van der Waals surface area contributed by atoms with Crippen molar-refractivity contribution in [2.24, 2.45) is 0 Å². The van der Waals surface area contributed by atoms with E-state index in [2.05, 4.69) is 11.5 Å². The fraction of sp³-hybridized carbons (Fsp3) is 0.946. The van der Waals surface area contributed by atoms with Gasteiger partial charge in [-0.1, -0.05) is 6.58 Å². The third kappa shape index (κ3) is 46.3. The van der Waals surface area contributed by atoms with Crippen LogP contribution in [0.2, 0.25) is 0 Å². The molecule has 0 aliphatic carbocycles. The molecule has 0 bridgehead atoms. The largest absolute Gasteiger partial charge is 0.462 e. The predicted octanol–water partition coefficient (Wildman–Crippen LogP) is 7.86. The average Bonchev–Trinajstić information content (AvgIpc) is 3.39. The SMILES string of the molecule is C=C(C)C(=O)OCCCCOCC(C)OCC(C)OCC(C)OCC(C)OCC(C)OCC(C)OCC(C)OCC(C)OCC(C)OCC(C)OCC(C)OCC(C)OCC(C)OCC(C)OCC(C)OCC(C)OO. The lowest BCUT2D eigenvalue weighted by molar-refractivity contribution is -0.284. The van der Waals surface area contributed by atoms with Crippen molar-refractivity contribution in [1.29, 1.82) is 0 Å². The minimum Gasteiger partial charge on any atom is -0.462 e. The molecule has 0 saturated carbocycles. The minimum atomic E-state index is -0.390. The number of carbonyl (C=O) groups is 1. The van der Waals surface area contributed by atoms with Crippen molar-refractivity contribution in [2.45, 2.75) is 228 Å². The average molecular weight is 1100 g/mol. The third-order valence-electron chi connectivity index (χ3n) is 11.0. The van der Waals surface area contributed by atoms with Crippen LogP contribution in [0.25, 0.3) is 0 Å². The van der Waals surface area contributed by atoms with E-state index in [9.17, 15) is 4.79 Å². The highest BCUT2D eigenvalue weighted by Crippen LogP contribution is 2.09. The molecular formula is C56H110O20. The normalized spacial score (nSPS) is 18.6. The molecular weight excluding hydrogens is 993 g/mol. The van der Waals surface area contributed by atoms with E-state index in [4.69, 9.17) is 85.8 Å². The van der Waals surface area contributed by atoms with E-state index in [-0.39, 0.29) is 104 Å². The lowest BCUT2D eigenvalue weighted by Crippen LogP contribution is -2.31. The second kappa shape index (κ2) is 47.2. The first-order valence-electron chi connectivity index (χ1n) is 27.9. The Morgan fingerprint density at radius 3 is 0.658 bits per heavy atom. The summed E-state index contributed by atoms with van der Waals surface area (Å²) in [6, 6.07) is 0. The quantitative estimate of drug-likeness (QED) is 0.0202. The van der Waals surface area contributed by atoms with Gasteiger partial charge >= 0.3 is 5.97 Å². The summed E-state index contributed by atoms with van der Waals surface area (Å²) in [6.07, 6.45) is -0.505. The zero-order valence-electron chi connectivity index (χ0n) is 50.3. The van der Waals surface area contributed by atoms with Gasteiger partial charge < -0.3 is 80.5 Å². The van der Waals surface area contributed by atoms with Crippen LogP contribution in [0, 0.1) is 0 Å². The van der Waals surface area contributed by atoms with E-state index in [1.54, 1.807) is 13.8 Å². The number of esters is 1. The molecule has 0 radical (unpaired) electrons. The fourth-order valence-corrected chi connectivity index (χ4v) is 6.09. The maximum absolute atomic E-state index is 11.4. The Morgan fingerprint density at radius 2 is 0.474 bits per heavy atom. The van der Waals surface area contributed by atoms with Gasteiger partial charge in [0.1, 0.15) is 6.10 Å². The summed E-state index contributed by atoms with van der Waals surface area (Å²) in [5.41, 5.74) is 0.403. The number of hydrogen-bond donors (Lipinski definition) is 1. The molecule has 0 aromatic rings. The molecule has 0 fully saturated rings. The van der Waals surface area contributed by atoms with Crippen molar-refractivity contribution in [1.82, 2.24) is 0 Å². The number of rotatable bonds is 54. The molecule has 16 atom stereocenters. The third-order valence-corrected chi connectivity index (χ3v) is 11.0. The van der Waals surface area contributed by atoms with Crippen molar-refractivity contribution in [2.75, 3.05) is 119 Å². The number of carbonyl (C=O) groups excluding carboxylic acids is 1. The Hall–Kier alpha value is -1.51. The smallest absolute Gasteiger partial charge is 0.333 e. The number of hydrogen-bond acceptors (Lipinski definition) is 20. The molecule has 0 aromatic carbocycles. The molecule has 0 amide bonds. The second-order valence-corrected chi connectivity index (χ2v) is 20.8. The predicted molar refractivity (Wildman–Crippen MR) is 290 cm³/mol. The van der Waals surface area contributed by atoms with Crippen LogP contribution in [-0.2, 0) is 90.2 Å². The molecule has 20 nitrogen and oxygen atoms in total. The Kier molecular flexibility index (Phi) is 46.2. The molecule has 1 N–H and O–H groups in total. The highest BCUT2D eigenvalue weighted by Gasteiger charge is 2.18. The first-order valence-corrected chi connectivity index (χ1v) is 27.9. The second-order valence-electron chi connectivity index (χ2n) is 20.8. The Labute approximate surface area is 459 Å². The van der Waals surface area contributed by atoms with Crippen molar-refractivity contribution < 1.29 is 95.5 Å². The van der Waals surface area contributed by atoms with Gasteiger partial charge in [0, 0.05) is 12.2 Å². The summed E-state index contributed by atoms with van der Waals surface area (Å²) in [5, 5.41) is 8.65. The van der Waals surface area contributed by atoms with Crippen LogP contribution >= 0.6 is 0 Å². The van der Waals surface area contributed by atoms with Crippen molar-refractivity contribution in [3.8, 4) is 0 Å². The van der Waals surface area contributed by atoms with E-state index < -0.39 is 6.10 Å². The molecule has 0 rings (SSSR count). The number of ether oxygens (including phenoxy) is 17. The summed E-state index contributed by atoms with van der Waals surface area (Å²) >= 11 is 0. The molecule has 20 heteroatoms. The van der Waals surface area contributed by atoms with Gasteiger partial charge in [0.15, 0.2) is 0 Å². The molecule has 0 aromatic heterocycles. The zero-order chi connectivity index (χ0) is 57.3. The Morgan fingerprint density at radius 1 is 0.303 bits per heavy atom. The monoisotopic (exact) mass is 1100 g/mol. The van der Waals surface area contributed by atoms with E-state index in [0.717, 1.165) is 12.8 Å². The summed E-state index contributed by atoms with van der Waals surface area (Å²) in [7, 11) is 0. The lowest BCUT2D eigenvalue weighted by Gasteiger charge is -2.23. The molecule has 454 valence electrons. The van der Waals surface area contributed by atoms with E-state index in [1.807, 2.05) is 104 Å². The van der Waals surface area contributed by atoms with E-state index in [0.29, 0.717) is 118 Å². The Bertz CT molecular complexity index is 1350. The summed E-state index contributed by atoms with van der Waals surface area (Å²) in [6.45, 7) is 44.2. The first kappa shape index (κ1) is 74.5. The van der Waals surface area contributed by atoms with Gasteiger partial charge in [-0.2, -0.15) is 0 Å². The van der Waals surface area contributed by atoms with E-state index in [1.165, 1.54) is 0 Å². The maximum atomic E-state index is 11.4. The van der Waals surface area contributed by atoms with Gasteiger partial charge in [0.2, 0.25) is 0 Å². The summed E-state index contributed by atoms with van der Waals surface area (Å²) < 4.78 is 99.6.